The smallest absolute Gasteiger partial charge is 0.223 e. The molecule has 0 aliphatic carbocycles. The lowest BCUT2D eigenvalue weighted by molar-refractivity contribution is -0.139. The minimum atomic E-state index is 0.143. The van der Waals surface area contributed by atoms with E-state index in [9.17, 15) is 9.59 Å². The summed E-state index contributed by atoms with van der Waals surface area (Å²) in [5.74, 6) is 0.337. The molecule has 0 N–H and O–H groups in total. The number of hydrogen-bond acceptors (Lipinski definition) is 5. The van der Waals surface area contributed by atoms with Crippen LogP contribution in [0.15, 0.2) is 35.5 Å². The van der Waals surface area contributed by atoms with Gasteiger partial charge in [0.25, 0.3) is 0 Å². The van der Waals surface area contributed by atoms with Gasteiger partial charge in [0.05, 0.1) is 0 Å². The molecule has 0 radical (unpaired) electrons. The van der Waals surface area contributed by atoms with Crippen LogP contribution >= 0.6 is 11.8 Å². The molecule has 1 fully saturated rings. The van der Waals surface area contributed by atoms with Crippen LogP contribution in [0.4, 0.5) is 0 Å². The maximum Gasteiger partial charge on any atom is 0.223 e. The highest BCUT2D eigenvalue weighted by Crippen LogP contribution is 2.18. The number of nitrogens with zero attached hydrogens (tertiary/aromatic N) is 4. The molecule has 31 heavy (non-hydrogen) atoms. The molecular weight excluding hydrogens is 408 g/mol. The lowest BCUT2D eigenvalue weighted by Gasteiger charge is -2.35. The molecule has 2 aromatic rings. The fourth-order valence-corrected chi connectivity index (χ4v) is 4.46. The van der Waals surface area contributed by atoms with Gasteiger partial charge < -0.3 is 9.80 Å². The maximum atomic E-state index is 12.7. The van der Waals surface area contributed by atoms with E-state index in [-0.39, 0.29) is 11.8 Å². The molecule has 0 bridgehead atoms. The van der Waals surface area contributed by atoms with Crippen LogP contribution in [0.3, 0.4) is 0 Å². The Morgan fingerprint density at radius 2 is 1.42 bits per heavy atom. The van der Waals surface area contributed by atoms with E-state index >= 15 is 0 Å². The van der Waals surface area contributed by atoms with Crippen LogP contribution in [0.1, 0.15) is 41.8 Å². The van der Waals surface area contributed by atoms with Gasteiger partial charge in [-0.3, -0.25) is 9.59 Å². The number of rotatable bonds is 8. The number of amides is 2. The molecule has 1 aliphatic heterocycles. The number of aromatic nitrogens is 2. The van der Waals surface area contributed by atoms with Crippen molar-refractivity contribution in [3.05, 3.63) is 52.8 Å². The van der Waals surface area contributed by atoms with Gasteiger partial charge in [0, 0.05) is 50.4 Å². The number of piperazine rings is 1. The van der Waals surface area contributed by atoms with Crippen molar-refractivity contribution in [3.8, 4) is 0 Å². The van der Waals surface area contributed by atoms with Gasteiger partial charge in [-0.15, -0.1) is 0 Å². The molecule has 1 aliphatic rings. The quantitative estimate of drug-likeness (QED) is 0.465. The first kappa shape index (κ1) is 23.3. The topological polar surface area (TPSA) is 66.4 Å². The van der Waals surface area contributed by atoms with Crippen molar-refractivity contribution in [1.82, 2.24) is 19.8 Å². The highest BCUT2D eigenvalue weighted by atomic mass is 32.2. The Labute approximate surface area is 189 Å². The second-order valence-corrected chi connectivity index (χ2v) is 8.73. The van der Waals surface area contributed by atoms with Crippen LogP contribution in [0.25, 0.3) is 0 Å². The molecule has 1 saturated heterocycles. The van der Waals surface area contributed by atoms with Crippen molar-refractivity contribution in [3.63, 3.8) is 0 Å². The number of carbonyl (C=O) groups excluding carboxylic acids is 2. The monoisotopic (exact) mass is 440 g/mol. The van der Waals surface area contributed by atoms with Crippen LogP contribution < -0.4 is 0 Å². The Hall–Kier alpha value is -2.41. The van der Waals surface area contributed by atoms with Gasteiger partial charge in [0.2, 0.25) is 11.8 Å². The zero-order valence-corrected chi connectivity index (χ0v) is 19.6. The molecule has 0 atom stereocenters. The lowest BCUT2D eigenvalue weighted by atomic mass is 10.1. The van der Waals surface area contributed by atoms with E-state index in [1.807, 2.05) is 48.1 Å². The first-order valence-corrected chi connectivity index (χ1v) is 12.2. The van der Waals surface area contributed by atoms with E-state index in [4.69, 9.17) is 0 Å². The summed E-state index contributed by atoms with van der Waals surface area (Å²) in [6.07, 6.45) is 5.42. The van der Waals surface area contributed by atoms with Crippen molar-refractivity contribution in [2.75, 3.05) is 32.4 Å². The van der Waals surface area contributed by atoms with Crippen molar-refractivity contribution in [2.24, 2.45) is 0 Å². The van der Waals surface area contributed by atoms with Gasteiger partial charge in [-0.25, -0.2) is 9.97 Å². The molecule has 3 rings (SSSR count). The van der Waals surface area contributed by atoms with Crippen LogP contribution in [0, 0.1) is 13.8 Å². The normalized spacial score (nSPS) is 14.0. The van der Waals surface area contributed by atoms with Gasteiger partial charge >= 0.3 is 0 Å². The van der Waals surface area contributed by atoms with Crippen molar-refractivity contribution >= 4 is 23.6 Å². The lowest BCUT2D eigenvalue weighted by Crippen LogP contribution is -2.50. The average molecular weight is 441 g/mol. The molecule has 1 aromatic heterocycles. The first-order valence-electron chi connectivity index (χ1n) is 11.0. The zero-order valence-electron chi connectivity index (χ0n) is 18.8. The summed E-state index contributed by atoms with van der Waals surface area (Å²) >= 11 is 1.53. The summed E-state index contributed by atoms with van der Waals surface area (Å²) in [7, 11) is 0. The Balaban J connectivity index is 1.41. The van der Waals surface area contributed by atoms with E-state index in [0.717, 1.165) is 34.9 Å². The molecule has 0 spiro atoms. The fourth-order valence-electron chi connectivity index (χ4n) is 4.00. The van der Waals surface area contributed by atoms with Gasteiger partial charge in [-0.2, -0.15) is 0 Å². The highest BCUT2D eigenvalue weighted by Gasteiger charge is 2.24. The number of benzene rings is 1. The Bertz CT molecular complexity index is 873. The number of carbonyl (C=O) groups is 2. The summed E-state index contributed by atoms with van der Waals surface area (Å²) in [5.41, 5.74) is 4.24. The number of hydrogen-bond donors (Lipinski definition) is 0. The Kier molecular flexibility index (Phi) is 8.46. The Morgan fingerprint density at radius 3 is 1.97 bits per heavy atom. The maximum absolute atomic E-state index is 12.7. The van der Waals surface area contributed by atoms with Crippen molar-refractivity contribution < 1.29 is 9.59 Å². The third-order valence-electron chi connectivity index (χ3n) is 5.86. The Morgan fingerprint density at radius 1 is 0.871 bits per heavy atom. The predicted molar refractivity (Wildman–Crippen MR) is 124 cm³/mol. The summed E-state index contributed by atoms with van der Waals surface area (Å²) in [6.45, 7) is 6.44. The van der Waals surface area contributed by atoms with E-state index in [0.29, 0.717) is 45.4 Å². The first-order chi connectivity index (χ1) is 15.0. The van der Waals surface area contributed by atoms with Crippen LogP contribution in [0.5, 0.6) is 0 Å². The SMILES string of the molecule is CSc1nc(C)c(CCC(=O)N2CCN(C(=O)CCCc3ccccc3)CC2)c(C)n1. The minimum Gasteiger partial charge on any atom is -0.339 e. The number of thioether (sulfide) groups is 1. The summed E-state index contributed by atoms with van der Waals surface area (Å²) in [6, 6.07) is 10.3. The molecule has 1 aromatic carbocycles. The average Bonchev–Trinajstić information content (AvgIpc) is 2.79. The molecule has 7 heteroatoms. The van der Waals surface area contributed by atoms with Crippen molar-refractivity contribution in [2.45, 2.75) is 51.1 Å². The zero-order chi connectivity index (χ0) is 22.2. The van der Waals surface area contributed by atoms with E-state index in [1.54, 1.807) is 0 Å². The van der Waals surface area contributed by atoms with Crippen molar-refractivity contribution in [1.29, 1.82) is 0 Å². The number of aryl methyl sites for hydroxylation is 3. The largest absolute Gasteiger partial charge is 0.339 e. The molecule has 2 heterocycles. The molecule has 0 unspecified atom stereocenters. The molecular formula is C24H32N4O2S. The standard InChI is InChI=1S/C24H32N4O2S/c1-18-21(19(2)26-24(25-18)31-3)12-13-23(30)28-16-14-27(15-17-28)22(29)11-7-10-20-8-5-4-6-9-20/h4-6,8-9H,7,10-17H2,1-3H3. The third kappa shape index (κ3) is 6.53. The molecule has 166 valence electrons. The summed E-state index contributed by atoms with van der Waals surface area (Å²) < 4.78 is 0. The van der Waals surface area contributed by atoms with Gasteiger partial charge in [-0.1, -0.05) is 42.1 Å². The van der Waals surface area contributed by atoms with Gasteiger partial charge in [0.1, 0.15) is 0 Å². The highest BCUT2D eigenvalue weighted by molar-refractivity contribution is 7.98. The second-order valence-electron chi connectivity index (χ2n) is 7.96. The summed E-state index contributed by atoms with van der Waals surface area (Å²) in [5, 5.41) is 0.773. The minimum absolute atomic E-state index is 0.143. The molecule has 2 amide bonds. The third-order valence-corrected chi connectivity index (χ3v) is 6.40. The van der Waals surface area contributed by atoms with Crippen LogP contribution in [0.2, 0.25) is 0 Å². The van der Waals surface area contributed by atoms with Gasteiger partial charge in [0.15, 0.2) is 5.16 Å². The second kappa shape index (κ2) is 11.3. The predicted octanol–water partition coefficient (Wildman–Crippen LogP) is 3.44. The molecule has 6 nitrogen and oxygen atoms in total. The van der Waals surface area contributed by atoms with Crippen LogP contribution in [-0.2, 0) is 22.4 Å². The summed E-state index contributed by atoms with van der Waals surface area (Å²) in [4.78, 5) is 38.0. The van der Waals surface area contributed by atoms with Crippen LogP contribution in [-0.4, -0.2) is 64.0 Å². The fraction of sp³-hybridized carbons (Fsp3) is 0.500. The molecule has 0 saturated carbocycles. The van der Waals surface area contributed by atoms with E-state index < -0.39 is 0 Å². The van der Waals surface area contributed by atoms with Gasteiger partial charge in [-0.05, 0) is 50.5 Å². The van der Waals surface area contributed by atoms with E-state index in [1.165, 1.54) is 17.3 Å². The van der Waals surface area contributed by atoms with E-state index in [2.05, 4.69) is 22.1 Å².